The van der Waals surface area contributed by atoms with Crippen molar-refractivity contribution in [3.8, 4) is 0 Å². The van der Waals surface area contributed by atoms with E-state index in [0.717, 1.165) is 0 Å². The average Bonchev–Trinajstić information content (AvgIpc) is 2.41. The van der Waals surface area contributed by atoms with Crippen molar-refractivity contribution in [2.75, 3.05) is 0 Å². The molecule has 24 heavy (non-hydrogen) atoms. The summed E-state index contributed by atoms with van der Waals surface area (Å²) in [5.74, 6) is -5.65. The maximum absolute atomic E-state index is 11.2. The molecule has 0 aliphatic heterocycles. The van der Waals surface area contributed by atoms with Crippen LogP contribution < -0.4 is 33.2 Å². The first kappa shape index (κ1) is 19.5. The second-order valence-electron chi connectivity index (χ2n) is 3.33. The van der Waals surface area contributed by atoms with Crippen molar-refractivity contribution in [1.29, 1.82) is 0 Å². The van der Waals surface area contributed by atoms with E-state index in [0.29, 0.717) is 0 Å². The van der Waals surface area contributed by atoms with Crippen LogP contribution in [0.3, 0.4) is 0 Å². The number of carbonyl (C=O) groups is 1. The minimum atomic E-state index is -1.67. The largest absolute Gasteiger partial charge is 0.600 e. The molecule has 0 unspecified atom stereocenters. The number of amides is 2. The lowest BCUT2D eigenvalue weighted by Gasteiger charge is -2.09. The van der Waals surface area contributed by atoms with Crippen molar-refractivity contribution in [3.63, 3.8) is 0 Å². The van der Waals surface area contributed by atoms with E-state index in [1.165, 1.54) is 0 Å². The second kappa shape index (κ2) is 8.11. The monoisotopic (exact) mass is 352 g/mol. The highest BCUT2D eigenvalue weighted by atomic mass is 16.7. The van der Waals surface area contributed by atoms with Gasteiger partial charge >= 0.3 is 17.7 Å². The summed E-state index contributed by atoms with van der Waals surface area (Å²) in [6.07, 6.45) is 0. The number of hydrazine groups is 2. The van der Waals surface area contributed by atoms with Crippen LogP contribution in [0.25, 0.3) is 0 Å². The molecule has 0 fully saturated rings. The highest BCUT2D eigenvalue weighted by molar-refractivity contribution is 5.73. The summed E-state index contributed by atoms with van der Waals surface area (Å²) < 4.78 is 0. The third kappa shape index (κ3) is 5.51. The molecule has 2 amide bonds. The maximum atomic E-state index is 11.2. The van der Waals surface area contributed by atoms with E-state index in [2.05, 4.69) is 0 Å². The standard InChI is InChI=1S/C5H8N10O9/c6-1(3(12(17)18)13(19)20)8-10-5(16)11-9-2(7)4(14(21)22)15(23)24/h8-9H,6-7H2,(H2,10,11,16). The Morgan fingerprint density at radius 2 is 0.875 bits per heavy atom. The van der Waals surface area contributed by atoms with Crippen molar-refractivity contribution in [2.45, 2.75) is 0 Å². The molecule has 19 heteroatoms. The second-order valence-corrected chi connectivity index (χ2v) is 3.33. The average molecular weight is 352 g/mol. The molecule has 8 N–H and O–H groups in total. The summed E-state index contributed by atoms with van der Waals surface area (Å²) in [6, 6.07) is -1.36. The van der Waals surface area contributed by atoms with Gasteiger partial charge in [0.2, 0.25) is 0 Å². The molecule has 0 bridgehead atoms. The van der Waals surface area contributed by atoms with Gasteiger partial charge in [0.25, 0.3) is 11.6 Å². The SMILES string of the molecule is NC(NNC(=O)NNC(N)=C([N+](=O)[O-])[N+](=O)[O-])=C([N+](=O)[O-])[N+](=O)[O-]. The van der Waals surface area contributed by atoms with Gasteiger partial charge in [0.05, 0.1) is 0 Å². The van der Waals surface area contributed by atoms with Crippen LogP contribution in [-0.2, 0) is 0 Å². The summed E-state index contributed by atoms with van der Waals surface area (Å²) in [7, 11) is 0. The number of hydrogen-bond acceptors (Lipinski definition) is 13. The Labute approximate surface area is 128 Å². The van der Waals surface area contributed by atoms with Crippen LogP contribution in [0.15, 0.2) is 23.3 Å². The normalized spacial score (nSPS) is 9.00. The molecule has 0 saturated heterocycles. The van der Waals surface area contributed by atoms with E-state index in [1.54, 1.807) is 21.7 Å². The van der Waals surface area contributed by atoms with Gasteiger partial charge in [-0.2, -0.15) is 0 Å². The predicted molar refractivity (Wildman–Crippen MR) is 68.3 cm³/mol. The summed E-state index contributed by atoms with van der Waals surface area (Å²) in [4.78, 5) is 46.8. The fourth-order valence-electron chi connectivity index (χ4n) is 0.918. The lowest BCUT2D eigenvalue weighted by Crippen LogP contribution is -2.51. The number of nitrogens with one attached hydrogen (secondary N) is 4. The van der Waals surface area contributed by atoms with E-state index in [4.69, 9.17) is 11.5 Å². The molecule has 0 radical (unpaired) electrons. The third-order valence-electron chi connectivity index (χ3n) is 1.79. The molecule has 0 aliphatic rings. The van der Waals surface area contributed by atoms with E-state index >= 15 is 0 Å². The molecule has 19 nitrogen and oxygen atoms in total. The number of carbonyl (C=O) groups excluding carboxylic acids is 1. The smallest absolute Gasteiger partial charge is 0.372 e. The fourth-order valence-corrected chi connectivity index (χ4v) is 0.918. The fraction of sp³-hybridized carbons (Fsp3) is 0. The van der Waals surface area contributed by atoms with Gasteiger partial charge in [-0.05, 0) is 0 Å². The first-order valence-electron chi connectivity index (χ1n) is 5.14. The van der Waals surface area contributed by atoms with Crippen molar-refractivity contribution < 1.29 is 24.5 Å². The van der Waals surface area contributed by atoms with Gasteiger partial charge < -0.3 is 11.5 Å². The summed E-state index contributed by atoms with van der Waals surface area (Å²) in [6.45, 7) is 0. The quantitative estimate of drug-likeness (QED) is 0.183. The van der Waals surface area contributed by atoms with Crippen LogP contribution in [0.4, 0.5) is 4.79 Å². The van der Waals surface area contributed by atoms with Gasteiger partial charge in [0.15, 0.2) is 0 Å². The number of nitrogens with zero attached hydrogens (tertiary/aromatic N) is 4. The molecular formula is C5H8N10O9. The van der Waals surface area contributed by atoms with Crippen LogP contribution in [0.1, 0.15) is 0 Å². The van der Waals surface area contributed by atoms with Gasteiger partial charge in [-0.3, -0.25) is 51.3 Å². The molecule has 0 heterocycles. The van der Waals surface area contributed by atoms with E-state index in [-0.39, 0.29) is 0 Å². The van der Waals surface area contributed by atoms with Crippen LogP contribution in [0, 0.1) is 40.5 Å². The van der Waals surface area contributed by atoms with Crippen molar-refractivity contribution in [2.24, 2.45) is 11.5 Å². The highest BCUT2D eigenvalue weighted by Gasteiger charge is 2.32. The molecule has 0 rings (SSSR count). The predicted octanol–water partition coefficient (Wildman–Crippen LogP) is -3.43. The van der Waals surface area contributed by atoms with Crippen molar-refractivity contribution in [1.82, 2.24) is 21.7 Å². The summed E-state index contributed by atoms with van der Waals surface area (Å²) in [5.41, 5.74) is 16.2. The molecule has 0 spiro atoms. The van der Waals surface area contributed by atoms with Crippen LogP contribution >= 0.6 is 0 Å². The van der Waals surface area contributed by atoms with Gasteiger partial charge in [0.1, 0.15) is 19.7 Å². The highest BCUT2D eigenvalue weighted by Crippen LogP contribution is 1.98. The van der Waals surface area contributed by atoms with Crippen molar-refractivity contribution in [3.05, 3.63) is 63.7 Å². The molecular weight excluding hydrogens is 344 g/mol. The minimum Gasteiger partial charge on any atom is -0.372 e. The lowest BCUT2D eigenvalue weighted by molar-refractivity contribution is -0.618. The number of nitro groups is 4. The Balaban J connectivity index is 4.84. The summed E-state index contributed by atoms with van der Waals surface area (Å²) >= 11 is 0. The van der Waals surface area contributed by atoms with Gasteiger partial charge in [-0.25, -0.2) is 15.6 Å². The van der Waals surface area contributed by atoms with E-state index in [1.807, 2.05) is 0 Å². The lowest BCUT2D eigenvalue weighted by atomic mass is 10.7. The van der Waals surface area contributed by atoms with Crippen LogP contribution in [0.2, 0.25) is 0 Å². The summed E-state index contributed by atoms with van der Waals surface area (Å²) in [5, 5.41) is 41.4. The molecule has 0 aliphatic carbocycles. The number of urea groups is 1. The first-order chi connectivity index (χ1) is 11.0. The first-order valence-corrected chi connectivity index (χ1v) is 5.14. The molecule has 0 saturated carbocycles. The Bertz CT molecular complexity index is 565. The van der Waals surface area contributed by atoms with Crippen molar-refractivity contribution >= 4 is 6.03 Å². The Morgan fingerprint density at radius 1 is 0.625 bits per heavy atom. The molecule has 132 valence electrons. The van der Waals surface area contributed by atoms with E-state index < -0.39 is 49.0 Å². The number of rotatable bonds is 8. The number of nitrogens with two attached hydrogens (primary N) is 2. The third-order valence-corrected chi connectivity index (χ3v) is 1.79. The molecule has 0 atom stereocenters. The zero-order chi connectivity index (χ0) is 19.0. The zero-order valence-electron chi connectivity index (χ0n) is 11.1. The minimum absolute atomic E-state index is 1.15. The molecule has 0 aromatic rings. The van der Waals surface area contributed by atoms with Gasteiger partial charge in [0, 0.05) is 0 Å². The van der Waals surface area contributed by atoms with Gasteiger partial charge in [-0.15, -0.1) is 0 Å². The Morgan fingerprint density at radius 3 is 1.08 bits per heavy atom. The van der Waals surface area contributed by atoms with E-state index in [9.17, 15) is 45.3 Å². The topological polar surface area (TPSA) is 290 Å². The Kier molecular flexibility index (Phi) is 6.60. The zero-order valence-corrected chi connectivity index (χ0v) is 11.1. The van der Waals surface area contributed by atoms with Crippen LogP contribution in [-0.4, -0.2) is 25.7 Å². The van der Waals surface area contributed by atoms with Gasteiger partial charge in [-0.1, -0.05) is 0 Å². The molecule has 0 aromatic heterocycles. The maximum Gasteiger partial charge on any atom is 0.600 e. The number of hydrogen-bond donors (Lipinski definition) is 6. The van der Waals surface area contributed by atoms with Crippen LogP contribution in [0.5, 0.6) is 0 Å². The molecule has 0 aromatic carbocycles. The Hall–Kier alpha value is -4.45.